The van der Waals surface area contributed by atoms with Crippen LogP contribution in [-0.2, 0) is 19.1 Å². The van der Waals surface area contributed by atoms with Gasteiger partial charge in [-0.1, -0.05) is 43.9 Å². The van der Waals surface area contributed by atoms with Gasteiger partial charge in [0, 0.05) is 29.6 Å². The predicted octanol–water partition coefficient (Wildman–Crippen LogP) is 6.00. The number of likely N-dealkylation sites (tertiary alicyclic amines) is 2. The number of methoxy groups -OCH3 is 2. The molecular formula is C42H46N8O6. The van der Waals surface area contributed by atoms with Gasteiger partial charge in [-0.05, 0) is 79.8 Å². The maximum absolute atomic E-state index is 13.6. The van der Waals surface area contributed by atoms with E-state index in [2.05, 4.69) is 39.0 Å². The molecule has 14 nitrogen and oxygen atoms in total. The molecule has 7 rings (SSSR count). The number of H-pyrrole nitrogens is 2. The van der Waals surface area contributed by atoms with E-state index in [0.29, 0.717) is 18.9 Å². The van der Waals surface area contributed by atoms with Crippen LogP contribution in [-0.4, -0.2) is 93.1 Å². The number of ether oxygens (including phenoxy) is 2. The van der Waals surface area contributed by atoms with Crippen LogP contribution in [0.15, 0.2) is 61.2 Å². The van der Waals surface area contributed by atoms with Crippen LogP contribution in [0.25, 0.3) is 32.8 Å². The van der Waals surface area contributed by atoms with Crippen LogP contribution >= 0.6 is 0 Å². The first-order valence-electron chi connectivity index (χ1n) is 18.9. The fourth-order valence-corrected chi connectivity index (χ4v) is 7.77. The Bertz CT molecular complexity index is 2390. The molecule has 4 heterocycles. The zero-order valence-corrected chi connectivity index (χ0v) is 32.0. The number of amides is 4. The molecule has 0 spiro atoms. The first-order valence-corrected chi connectivity index (χ1v) is 18.9. The summed E-state index contributed by atoms with van der Waals surface area (Å²) >= 11 is 0. The number of hydrogen-bond acceptors (Lipinski definition) is 8. The van der Waals surface area contributed by atoms with Gasteiger partial charge in [0.1, 0.15) is 23.7 Å². The van der Waals surface area contributed by atoms with Gasteiger partial charge in [-0.3, -0.25) is 9.59 Å². The molecule has 4 atom stereocenters. The number of aromatic nitrogens is 4. The SMILES string of the molecule is C=CC[C@H](NC(=O)OC)C(=O)N1CCC[C@H]1c1nc2ccc(C#Cc3ccc4c(ccc5nc([C@@H]6CCCN6C(=O)[C@@H](NC(=O)OC)C(C)C)[nH]c54)c3)cc2[nH]1. The maximum atomic E-state index is 13.6. The number of carbonyl (C=O) groups excluding carboxylic acids is 4. The second-order valence-corrected chi connectivity index (χ2v) is 14.6. The van der Waals surface area contributed by atoms with Gasteiger partial charge >= 0.3 is 12.2 Å². The number of carbonyl (C=O) groups is 4. The Kier molecular flexibility index (Phi) is 10.9. The highest BCUT2D eigenvalue weighted by molar-refractivity contribution is 6.04. The Hall–Kier alpha value is -6.36. The monoisotopic (exact) mass is 758 g/mol. The van der Waals surface area contributed by atoms with Crippen LogP contribution in [0.2, 0.25) is 0 Å². The quantitative estimate of drug-likeness (QED) is 0.105. The molecule has 2 aromatic heterocycles. The van der Waals surface area contributed by atoms with Crippen LogP contribution in [0.3, 0.4) is 0 Å². The van der Waals surface area contributed by atoms with Gasteiger partial charge in [0.15, 0.2) is 0 Å². The van der Waals surface area contributed by atoms with E-state index in [0.717, 1.165) is 75.5 Å². The van der Waals surface area contributed by atoms with Crippen LogP contribution in [0, 0.1) is 17.8 Å². The van der Waals surface area contributed by atoms with E-state index in [1.165, 1.54) is 14.2 Å². The van der Waals surface area contributed by atoms with Gasteiger partial charge in [0.2, 0.25) is 11.8 Å². The topological polar surface area (TPSA) is 175 Å². The molecule has 290 valence electrons. The van der Waals surface area contributed by atoms with Gasteiger partial charge in [0.05, 0.1) is 48.4 Å². The van der Waals surface area contributed by atoms with Crippen molar-refractivity contribution in [2.75, 3.05) is 27.3 Å². The molecule has 4 N–H and O–H groups in total. The van der Waals surface area contributed by atoms with Crippen molar-refractivity contribution < 1.29 is 28.7 Å². The lowest BCUT2D eigenvalue weighted by molar-refractivity contribution is -0.135. The lowest BCUT2D eigenvalue weighted by atomic mass is 10.0. The minimum absolute atomic E-state index is 0.117. The molecule has 2 fully saturated rings. The number of alkyl carbamates (subject to hydrolysis) is 2. The lowest BCUT2D eigenvalue weighted by Gasteiger charge is -2.29. The molecule has 0 bridgehead atoms. The fourth-order valence-electron chi connectivity index (χ4n) is 7.77. The molecule has 0 saturated carbocycles. The first kappa shape index (κ1) is 37.9. The number of fused-ring (bicyclic) bond motifs is 4. The van der Waals surface area contributed by atoms with Gasteiger partial charge in [-0.15, -0.1) is 6.58 Å². The number of nitrogens with zero attached hydrogens (tertiary/aromatic N) is 4. The van der Waals surface area contributed by atoms with Gasteiger partial charge in [-0.25, -0.2) is 19.6 Å². The van der Waals surface area contributed by atoms with Crippen molar-refractivity contribution in [1.82, 2.24) is 40.4 Å². The summed E-state index contributed by atoms with van der Waals surface area (Å²) in [5.74, 6) is 7.54. The molecule has 3 aromatic carbocycles. The molecule has 2 aliphatic heterocycles. The largest absolute Gasteiger partial charge is 0.453 e. The number of benzene rings is 3. The third-order valence-corrected chi connectivity index (χ3v) is 10.6. The smallest absolute Gasteiger partial charge is 0.407 e. The Morgan fingerprint density at radius 2 is 1.45 bits per heavy atom. The molecule has 2 aliphatic rings. The van der Waals surface area contributed by atoms with Crippen LogP contribution in [0.4, 0.5) is 9.59 Å². The third kappa shape index (κ3) is 7.62. The van der Waals surface area contributed by atoms with Gasteiger partial charge in [-0.2, -0.15) is 0 Å². The van der Waals surface area contributed by atoms with Crippen molar-refractivity contribution in [3.63, 3.8) is 0 Å². The van der Waals surface area contributed by atoms with Crippen molar-refractivity contribution in [1.29, 1.82) is 0 Å². The van der Waals surface area contributed by atoms with E-state index in [9.17, 15) is 19.2 Å². The Morgan fingerprint density at radius 3 is 2.12 bits per heavy atom. The van der Waals surface area contributed by atoms with E-state index >= 15 is 0 Å². The van der Waals surface area contributed by atoms with E-state index in [1.54, 1.807) is 11.0 Å². The van der Waals surface area contributed by atoms with Crippen molar-refractivity contribution in [3.05, 3.63) is 84.0 Å². The van der Waals surface area contributed by atoms with Crippen LogP contribution in [0.1, 0.15) is 80.8 Å². The van der Waals surface area contributed by atoms with Crippen molar-refractivity contribution in [2.45, 2.75) is 70.1 Å². The standard InChI is InChI=1S/C42H46N8O6/c1-6-9-31(46-41(53)55-4)39(51)49-20-7-10-33(49)37-43-29-18-15-26(23-32(29)45-37)13-12-25-14-17-28-27(22-25)16-19-30-36(28)47-38(44-30)34-11-8-21-50(34)40(52)35(24(2)3)48-42(54)56-5/h6,14-19,22-24,31,33-35H,1,7-11,20-21H2,2-5H3,(H,43,45)(H,44,47)(H,46,53)(H,48,54)/t31-,33-,34-,35-/m0/s1. The summed E-state index contributed by atoms with van der Waals surface area (Å²) in [6.07, 6.45) is 3.76. The van der Waals surface area contributed by atoms with E-state index in [1.807, 2.05) is 67.3 Å². The highest BCUT2D eigenvalue weighted by Gasteiger charge is 2.38. The first-order chi connectivity index (χ1) is 27.1. The summed E-state index contributed by atoms with van der Waals surface area (Å²) in [6, 6.07) is 13.9. The summed E-state index contributed by atoms with van der Waals surface area (Å²) in [4.78, 5) is 71.3. The molecule has 0 aliphatic carbocycles. The zero-order valence-electron chi connectivity index (χ0n) is 32.0. The zero-order chi connectivity index (χ0) is 39.5. The third-order valence-electron chi connectivity index (χ3n) is 10.6. The predicted molar refractivity (Wildman–Crippen MR) is 211 cm³/mol. The number of rotatable bonds is 9. The average Bonchev–Trinajstić information content (AvgIpc) is 4.03. The Balaban J connectivity index is 1.08. The summed E-state index contributed by atoms with van der Waals surface area (Å²) in [5, 5.41) is 7.33. The van der Waals surface area contributed by atoms with E-state index in [-0.39, 0.29) is 36.2 Å². The second-order valence-electron chi connectivity index (χ2n) is 14.6. The van der Waals surface area contributed by atoms with Crippen molar-refractivity contribution in [3.8, 4) is 11.8 Å². The fraction of sp³-hybridized carbons (Fsp3) is 0.381. The van der Waals surface area contributed by atoms with Crippen molar-refractivity contribution >= 4 is 56.8 Å². The molecule has 5 aromatic rings. The Labute approximate surface area is 324 Å². The van der Waals surface area contributed by atoms with Gasteiger partial charge < -0.3 is 39.9 Å². The highest BCUT2D eigenvalue weighted by atomic mass is 16.5. The average molecular weight is 759 g/mol. The molecule has 14 heteroatoms. The number of hydrogen-bond donors (Lipinski definition) is 4. The molecular weight excluding hydrogens is 713 g/mol. The summed E-state index contributed by atoms with van der Waals surface area (Å²) in [6.45, 7) is 8.67. The Morgan fingerprint density at radius 1 is 0.839 bits per heavy atom. The van der Waals surface area contributed by atoms with Gasteiger partial charge in [0.25, 0.3) is 0 Å². The van der Waals surface area contributed by atoms with E-state index < -0.39 is 24.3 Å². The lowest BCUT2D eigenvalue weighted by Crippen LogP contribution is -2.51. The molecule has 4 amide bonds. The van der Waals surface area contributed by atoms with Crippen LogP contribution < -0.4 is 10.6 Å². The van der Waals surface area contributed by atoms with Crippen molar-refractivity contribution in [2.24, 2.45) is 5.92 Å². The summed E-state index contributed by atoms with van der Waals surface area (Å²) in [5.41, 5.74) is 4.96. The van der Waals surface area contributed by atoms with Crippen LogP contribution in [0.5, 0.6) is 0 Å². The minimum atomic E-state index is -0.771. The number of aromatic amines is 2. The normalized spacial score (nSPS) is 17.8. The molecule has 56 heavy (non-hydrogen) atoms. The molecule has 0 radical (unpaired) electrons. The summed E-state index contributed by atoms with van der Waals surface area (Å²) in [7, 11) is 2.55. The minimum Gasteiger partial charge on any atom is -0.453 e. The van der Waals surface area contributed by atoms with E-state index in [4.69, 9.17) is 19.4 Å². The number of imidazole rings is 2. The highest BCUT2D eigenvalue weighted by Crippen LogP contribution is 2.35. The molecule has 0 unspecified atom stereocenters. The second kappa shape index (κ2) is 16.2. The maximum Gasteiger partial charge on any atom is 0.407 e. The summed E-state index contributed by atoms with van der Waals surface area (Å²) < 4.78 is 9.49. The molecule has 2 saturated heterocycles. The number of nitrogens with one attached hydrogen (secondary N) is 4.